The summed E-state index contributed by atoms with van der Waals surface area (Å²) in [5, 5.41) is 7.45. The fourth-order valence-corrected chi connectivity index (χ4v) is 9.82. The molecule has 0 amide bonds. The molecule has 0 unspecified atom stereocenters. The van der Waals surface area contributed by atoms with E-state index in [1.165, 1.54) is 76.7 Å². The van der Waals surface area contributed by atoms with Crippen molar-refractivity contribution in [1.82, 2.24) is 4.57 Å². The summed E-state index contributed by atoms with van der Waals surface area (Å²) in [6.07, 6.45) is 0. The summed E-state index contributed by atoms with van der Waals surface area (Å²) < 4.78 is 2.41. The maximum Gasteiger partial charge on any atom is 0.0546 e. The molecule has 12 rings (SSSR count). The van der Waals surface area contributed by atoms with Gasteiger partial charge < -0.3 is 9.47 Å². The highest BCUT2D eigenvalue weighted by atomic mass is 15.1. The summed E-state index contributed by atoms with van der Waals surface area (Å²) in [6, 6.07) is 92.9. The maximum atomic E-state index is 2.46. The molecule has 0 aliphatic heterocycles. The van der Waals surface area contributed by atoms with Crippen LogP contribution in [-0.4, -0.2) is 4.57 Å². The molecular weight excluding hydrogens is 773 g/mol. The molecule has 0 aliphatic carbocycles. The predicted octanol–water partition coefficient (Wildman–Crippen LogP) is 17.2. The number of hydrogen-bond donors (Lipinski definition) is 0. The van der Waals surface area contributed by atoms with Crippen LogP contribution < -0.4 is 4.90 Å². The number of para-hydroxylation sites is 2. The van der Waals surface area contributed by atoms with E-state index < -0.39 is 0 Å². The molecule has 0 N–H and O–H groups in total. The molecule has 0 atom stereocenters. The van der Waals surface area contributed by atoms with Crippen LogP contribution in [0.15, 0.2) is 255 Å². The third-order valence-electron chi connectivity index (χ3n) is 12.8. The number of aromatic nitrogens is 1. The van der Waals surface area contributed by atoms with Crippen molar-refractivity contribution in [3.05, 3.63) is 255 Å². The summed E-state index contributed by atoms with van der Waals surface area (Å²) in [4.78, 5) is 2.46. The second-order valence-corrected chi connectivity index (χ2v) is 16.5. The molecule has 2 nitrogen and oxygen atoms in total. The van der Waals surface area contributed by atoms with Crippen molar-refractivity contribution in [2.45, 2.75) is 0 Å². The van der Waals surface area contributed by atoms with Crippen LogP contribution in [0.3, 0.4) is 0 Å². The van der Waals surface area contributed by atoms with Crippen LogP contribution in [0.2, 0.25) is 0 Å². The van der Waals surface area contributed by atoms with Crippen LogP contribution in [0, 0.1) is 0 Å². The average Bonchev–Trinajstić information content (AvgIpc) is 3.71. The number of nitrogens with zero attached hydrogens (tertiary/aromatic N) is 2. The van der Waals surface area contributed by atoms with Gasteiger partial charge in [0.1, 0.15) is 0 Å². The molecule has 0 aliphatic rings. The van der Waals surface area contributed by atoms with Gasteiger partial charge in [-0.1, -0.05) is 200 Å². The van der Waals surface area contributed by atoms with Crippen molar-refractivity contribution in [2.75, 3.05) is 4.90 Å². The van der Waals surface area contributed by atoms with Crippen LogP contribution in [0.25, 0.3) is 93.5 Å². The SMILES string of the molecule is c1ccc(-c2ccc(-c3c(-c4cc5ccccc5c5ccccc45)cccc3N(c3ccc(-c4ccccc4)cc3)c3cccc(-n4c5ccccc5c5ccccc54)c3)cc2)cc1. The topological polar surface area (TPSA) is 8.17 Å². The van der Waals surface area contributed by atoms with E-state index in [2.05, 4.69) is 264 Å². The van der Waals surface area contributed by atoms with Crippen LogP contribution in [-0.2, 0) is 0 Å². The molecule has 0 saturated heterocycles. The van der Waals surface area contributed by atoms with Crippen LogP contribution in [0.1, 0.15) is 0 Å². The minimum Gasteiger partial charge on any atom is -0.310 e. The van der Waals surface area contributed by atoms with Crippen molar-refractivity contribution in [2.24, 2.45) is 0 Å². The lowest BCUT2D eigenvalue weighted by Crippen LogP contribution is -2.12. The largest absolute Gasteiger partial charge is 0.310 e. The molecule has 0 fully saturated rings. The van der Waals surface area contributed by atoms with Crippen molar-refractivity contribution in [3.63, 3.8) is 0 Å². The first-order valence-corrected chi connectivity index (χ1v) is 22.0. The van der Waals surface area contributed by atoms with E-state index >= 15 is 0 Å². The summed E-state index contributed by atoms with van der Waals surface area (Å²) in [5.74, 6) is 0. The highest BCUT2D eigenvalue weighted by Crippen LogP contribution is 2.48. The summed E-state index contributed by atoms with van der Waals surface area (Å²) in [7, 11) is 0. The molecule has 11 aromatic carbocycles. The molecule has 64 heavy (non-hydrogen) atoms. The first-order chi connectivity index (χ1) is 31.8. The molecule has 0 radical (unpaired) electrons. The molecule has 1 aromatic heterocycles. The van der Waals surface area contributed by atoms with Gasteiger partial charge in [0.2, 0.25) is 0 Å². The molecule has 0 spiro atoms. The van der Waals surface area contributed by atoms with Gasteiger partial charge >= 0.3 is 0 Å². The van der Waals surface area contributed by atoms with E-state index in [-0.39, 0.29) is 0 Å². The normalized spacial score (nSPS) is 11.4. The summed E-state index contributed by atoms with van der Waals surface area (Å²) >= 11 is 0. The van der Waals surface area contributed by atoms with Gasteiger partial charge in [-0.3, -0.25) is 0 Å². The van der Waals surface area contributed by atoms with Gasteiger partial charge in [-0.05, 0) is 115 Å². The molecule has 0 saturated carbocycles. The zero-order valence-electron chi connectivity index (χ0n) is 35.1. The Hall–Kier alpha value is -8.46. The second-order valence-electron chi connectivity index (χ2n) is 16.5. The van der Waals surface area contributed by atoms with E-state index in [1.54, 1.807) is 0 Å². The third-order valence-corrected chi connectivity index (χ3v) is 12.8. The summed E-state index contributed by atoms with van der Waals surface area (Å²) in [6.45, 7) is 0. The highest BCUT2D eigenvalue weighted by molar-refractivity contribution is 6.16. The first kappa shape index (κ1) is 37.3. The lowest BCUT2D eigenvalue weighted by atomic mass is 9.87. The van der Waals surface area contributed by atoms with Crippen molar-refractivity contribution in [3.8, 4) is 50.2 Å². The fourth-order valence-electron chi connectivity index (χ4n) is 9.82. The Kier molecular flexibility index (Phi) is 9.20. The summed E-state index contributed by atoms with van der Waals surface area (Å²) in [5.41, 5.74) is 16.1. The van der Waals surface area contributed by atoms with E-state index in [0.29, 0.717) is 0 Å². The van der Waals surface area contributed by atoms with Crippen molar-refractivity contribution >= 4 is 60.4 Å². The molecule has 12 aromatic rings. The van der Waals surface area contributed by atoms with Crippen molar-refractivity contribution in [1.29, 1.82) is 0 Å². The Morgan fingerprint density at radius 1 is 0.281 bits per heavy atom. The molecule has 2 heteroatoms. The van der Waals surface area contributed by atoms with E-state index in [9.17, 15) is 0 Å². The van der Waals surface area contributed by atoms with Gasteiger partial charge in [-0.15, -0.1) is 0 Å². The number of fused-ring (bicyclic) bond motifs is 6. The second kappa shape index (κ2) is 15.8. The standard InChI is InChI=1S/C62H42N2/c1-3-17-43(18-4-1)45-33-35-47(36-34-45)62-57(58-41-48-21-7-8-24-52(48)53-25-9-10-26-54(53)58)29-16-32-61(62)63(49-39-37-46(38-40-49)44-19-5-2-6-20-44)50-22-15-23-51(42-50)64-59-30-13-11-27-55(59)56-28-12-14-31-60(56)64/h1-42H. The minimum atomic E-state index is 1.06. The van der Waals surface area contributed by atoms with Gasteiger partial charge in [0, 0.05) is 33.4 Å². The molecule has 300 valence electrons. The monoisotopic (exact) mass is 814 g/mol. The van der Waals surface area contributed by atoms with Gasteiger partial charge in [-0.2, -0.15) is 0 Å². The van der Waals surface area contributed by atoms with Crippen LogP contribution in [0.5, 0.6) is 0 Å². The number of benzene rings is 11. The van der Waals surface area contributed by atoms with E-state index in [4.69, 9.17) is 0 Å². The molecular formula is C62H42N2. The van der Waals surface area contributed by atoms with Crippen LogP contribution >= 0.6 is 0 Å². The Labute approximate surface area is 373 Å². The Morgan fingerprint density at radius 2 is 0.781 bits per heavy atom. The number of anilines is 3. The lowest BCUT2D eigenvalue weighted by molar-refractivity contribution is 1.17. The van der Waals surface area contributed by atoms with E-state index in [1.807, 2.05) is 0 Å². The van der Waals surface area contributed by atoms with Gasteiger partial charge in [0.25, 0.3) is 0 Å². The van der Waals surface area contributed by atoms with Crippen LogP contribution in [0.4, 0.5) is 17.1 Å². The Balaban J connectivity index is 1.13. The fraction of sp³-hybridized carbons (Fsp3) is 0. The Bertz CT molecular complexity index is 3590. The lowest BCUT2D eigenvalue weighted by Gasteiger charge is -2.30. The van der Waals surface area contributed by atoms with Crippen molar-refractivity contribution < 1.29 is 0 Å². The van der Waals surface area contributed by atoms with Gasteiger partial charge in [0.15, 0.2) is 0 Å². The predicted molar refractivity (Wildman–Crippen MR) is 272 cm³/mol. The molecule has 0 bridgehead atoms. The average molecular weight is 815 g/mol. The molecule has 1 heterocycles. The first-order valence-electron chi connectivity index (χ1n) is 22.0. The minimum absolute atomic E-state index is 1.06. The quantitative estimate of drug-likeness (QED) is 0.139. The number of hydrogen-bond acceptors (Lipinski definition) is 1. The highest BCUT2D eigenvalue weighted by Gasteiger charge is 2.23. The maximum absolute atomic E-state index is 2.46. The van der Waals surface area contributed by atoms with E-state index in [0.717, 1.165) is 33.9 Å². The van der Waals surface area contributed by atoms with Gasteiger partial charge in [0.05, 0.1) is 16.7 Å². The number of rotatable bonds is 8. The smallest absolute Gasteiger partial charge is 0.0546 e. The Morgan fingerprint density at radius 3 is 1.44 bits per heavy atom. The van der Waals surface area contributed by atoms with Gasteiger partial charge in [-0.25, -0.2) is 0 Å². The zero-order chi connectivity index (χ0) is 42.4. The zero-order valence-corrected chi connectivity index (χ0v) is 35.1. The third kappa shape index (κ3) is 6.44.